The Hall–Kier alpha value is -2.40. The predicted molar refractivity (Wildman–Crippen MR) is 98.5 cm³/mol. The van der Waals surface area contributed by atoms with Crippen molar-refractivity contribution in [1.29, 1.82) is 0 Å². The molecule has 0 radical (unpaired) electrons. The first-order valence-corrected chi connectivity index (χ1v) is 8.60. The lowest BCUT2D eigenvalue weighted by molar-refractivity contribution is 0.260. The third kappa shape index (κ3) is 4.57. The summed E-state index contributed by atoms with van der Waals surface area (Å²) < 4.78 is 10.6. The van der Waals surface area contributed by atoms with Crippen LogP contribution in [0.15, 0.2) is 40.9 Å². The zero-order chi connectivity index (χ0) is 17.8. The number of benzene rings is 2. The quantitative estimate of drug-likeness (QED) is 0.650. The number of aromatic nitrogens is 2. The molecule has 0 unspecified atom stereocenters. The van der Waals surface area contributed by atoms with E-state index in [9.17, 15) is 0 Å². The number of rotatable bonds is 7. The maximum Gasteiger partial charge on any atom is 0.240 e. The Bertz CT molecular complexity index is 842. The van der Waals surface area contributed by atoms with Crippen LogP contribution in [0.25, 0.3) is 10.8 Å². The van der Waals surface area contributed by atoms with Crippen LogP contribution in [-0.4, -0.2) is 29.2 Å². The van der Waals surface area contributed by atoms with Gasteiger partial charge in [0, 0.05) is 13.0 Å². The first-order chi connectivity index (χ1) is 12.0. The molecule has 0 saturated heterocycles. The molecule has 132 valence electrons. The van der Waals surface area contributed by atoms with E-state index in [0.29, 0.717) is 18.4 Å². The van der Waals surface area contributed by atoms with Gasteiger partial charge in [-0.1, -0.05) is 37.2 Å². The Morgan fingerprint density at radius 1 is 1.08 bits per heavy atom. The predicted octanol–water partition coefficient (Wildman–Crippen LogP) is 4.06. The van der Waals surface area contributed by atoms with Gasteiger partial charge in [0.2, 0.25) is 5.89 Å². The molecule has 0 spiro atoms. The standard InChI is InChI=1S/C20H25N3O2/c1-14(2)9-19-21-20(25-22-19)13-23(3)12-15-5-6-17-11-18(24-4)8-7-16(17)10-15/h5-8,10-11,14H,9,12-13H2,1-4H3. The lowest BCUT2D eigenvalue weighted by atomic mass is 10.1. The van der Waals surface area contributed by atoms with Gasteiger partial charge in [0.15, 0.2) is 5.82 Å². The van der Waals surface area contributed by atoms with Gasteiger partial charge in [-0.3, -0.25) is 4.90 Å². The molecule has 0 saturated carbocycles. The van der Waals surface area contributed by atoms with Gasteiger partial charge in [-0.15, -0.1) is 0 Å². The first kappa shape index (κ1) is 17.4. The van der Waals surface area contributed by atoms with E-state index in [-0.39, 0.29) is 0 Å². The summed E-state index contributed by atoms with van der Waals surface area (Å²) in [6.45, 7) is 5.77. The number of fused-ring (bicyclic) bond motifs is 1. The maximum atomic E-state index is 5.35. The molecular formula is C20H25N3O2. The Kier molecular flexibility index (Phi) is 5.34. The highest BCUT2D eigenvalue weighted by molar-refractivity contribution is 5.84. The fraction of sp³-hybridized carbons (Fsp3) is 0.400. The van der Waals surface area contributed by atoms with Crippen LogP contribution in [0.5, 0.6) is 5.75 Å². The minimum atomic E-state index is 0.527. The summed E-state index contributed by atoms with van der Waals surface area (Å²) in [5, 5.41) is 6.44. The van der Waals surface area contributed by atoms with E-state index in [1.807, 2.05) is 6.07 Å². The zero-order valence-corrected chi connectivity index (χ0v) is 15.3. The minimum Gasteiger partial charge on any atom is -0.497 e. The van der Waals surface area contributed by atoms with Crippen molar-refractivity contribution in [3.05, 3.63) is 53.7 Å². The normalized spacial score (nSPS) is 11.6. The van der Waals surface area contributed by atoms with Crippen LogP contribution in [0.1, 0.15) is 31.1 Å². The summed E-state index contributed by atoms with van der Waals surface area (Å²) >= 11 is 0. The monoisotopic (exact) mass is 339 g/mol. The number of nitrogens with zero attached hydrogens (tertiary/aromatic N) is 3. The molecule has 5 heteroatoms. The average molecular weight is 339 g/mol. The minimum absolute atomic E-state index is 0.527. The summed E-state index contributed by atoms with van der Waals surface area (Å²) in [6.07, 6.45) is 0.849. The van der Waals surface area contributed by atoms with Crippen molar-refractivity contribution in [3.63, 3.8) is 0 Å². The van der Waals surface area contributed by atoms with E-state index < -0.39 is 0 Å². The van der Waals surface area contributed by atoms with E-state index >= 15 is 0 Å². The highest BCUT2D eigenvalue weighted by Gasteiger charge is 2.11. The molecule has 0 aliphatic carbocycles. The topological polar surface area (TPSA) is 51.4 Å². The van der Waals surface area contributed by atoms with Crippen LogP contribution in [0, 0.1) is 5.92 Å². The molecule has 3 aromatic rings. The van der Waals surface area contributed by atoms with Gasteiger partial charge in [0.25, 0.3) is 0 Å². The SMILES string of the molecule is COc1ccc2cc(CN(C)Cc3nc(CC(C)C)no3)ccc2c1. The van der Waals surface area contributed by atoms with Crippen LogP contribution in [-0.2, 0) is 19.5 Å². The van der Waals surface area contributed by atoms with Gasteiger partial charge in [-0.05, 0) is 47.5 Å². The molecule has 1 aromatic heterocycles. The third-order valence-corrected chi connectivity index (χ3v) is 4.07. The van der Waals surface area contributed by atoms with Crippen molar-refractivity contribution < 1.29 is 9.26 Å². The molecular weight excluding hydrogens is 314 g/mol. The molecule has 0 bridgehead atoms. The van der Waals surface area contributed by atoms with Gasteiger partial charge in [-0.25, -0.2) is 0 Å². The molecule has 5 nitrogen and oxygen atoms in total. The summed E-state index contributed by atoms with van der Waals surface area (Å²) in [5.74, 6) is 2.87. The van der Waals surface area contributed by atoms with E-state index in [1.165, 1.54) is 16.3 Å². The van der Waals surface area contributed by atoms with E-state index in [2.05, 4.69) is 66.3 Å². The molecule has 25 heavy (non-hydrogen) atoms. The van der Waals surface area contributed by atoms with Crippen molar-refractivity contribution in [1.82, 2.24) is 15.0 Å². The summed E-state index contributed by atoms with van der Waals surface area (Å²) in [5.41, 5.74) is 1.25. The van der Waals surface area contributed by atoms with E-state index in [0.717, 1.165) is 24.5 Å². The average Bonchev–Trinajstić information content (AvgIpc) is 3.00. The number of ether oxygens (including phenoxy) is 1. The molecule has 0 amide bonds. The Morgan fingerprint density at radius 2 is 1.84 bits per heavy atom. The van der Waals surface area contributed by atoms with Crippen molar-refractivity contribution in [3.8, 4) is 5.75 Å². The zero-order valence-electron chi connectivity index (χ0n) is 15.3. The molecule has 0 aliphatic heterocycles. The molecule has 0 aliphatic rings. The Labute approximate surface area is 148 Å². The number of methoxy groups -OCH3 is 1. The van der Waals surface area contributed by atoms with Crippen LogP contribution in [0.4, 0.5) is 0 Å². The highest BCUT2D eigenvalue weighted by atomic mass is 16.5. The van der Waals surface area contributed by atoms with Crippen molar-refractivity contribution >= 4 is 10.8 Å². The van der Waals surface area contributed by atoms with Crippen molar-refractivity contribution in [2.75, 3.05) is 14.2 Å². The third-order valence-electron chi connectivity index (χ3n) is 4.07. The van der Waals surface area contributed by atoms with E-state index in [4.69, 9.17) is 9.26 Å². The van der Waals surface area contributed by atoms with Crippen LogP contribution >= 0.6 is 0 Å². The molecule has 0 N–H and O–H groups in total. The van der Waals surface area contributed by atoms with Gasteiger partial charge < -0.3 is 9.26 Å². The largest absolute Gasteiger partial charge is 0.497 e. The highest BCUT2D eigenvalue weighted by Crippen LogP contribution is 2.22. The second kappa shape index (κ2) is 7.66. The van der Waals surface area contributed by atoms with Gasteiger partial charge in [0.1, 0.15) is 5.75 Å². The fourth-order valence-corrected chi connectivity index (χ4v) is 2.90. The Balaban J connectivity index is 1.65. The van der Waals surface area contributed by atoms with Crippen LogP contribution < -0.4 is 4.74 Å². The summed E-state index contributed by atoms with van der Waals surface area (Å²) in [7, 11) is 3.75. The second-order valence-corrected chi connectivity index (χ2v) is 6.92. The molecule has 1 heterocycles. The van der Waals surface area contributed by atoms with Crippen molar-refractivity contribution in [2.24, 2.45) is 5.92 Å². The fourth-order valence-electron chi connectivity index (χ4n) is 2.90. The van der Waals surface area contributed by atoms with Gasteiger partial charge >= 0.3 is 0 Å². The lowest BCUT2D eigenvalue weighted by Gasteiger charge is -2.14. The van der Waals surface area contributed by atoms with Gasteiger partial charge in [0.05, 0.1) is 13.7 Å². The second-order valence-electron chi connectivity index (χ2n) is 6.92. The summed E-state index contributed by atoms with van der Waals surface area (Å²) in [6, 6.07) is 12.6. The summed E-state index contributed by atoms with van der Waals surface area (Å²) in [4.78, 5) is 6.65. The maximum absolute atomic E-state index is 5.35. The van der Waals surface area contributed by atoms with Crippen LogP contribution in [0.3, 0.4) is 0 Å². The smallest absolute Gasteiger partial charge is 0.240 e. The number of hydrogen-bond donors (Lipinski definition) is 0. The number of hydrogen-bond acceptors (Lipinski definition) is 5. The molecule has 0 fully saturated rings. The first-order valence-electron chi connectivity index (χ1n) is 8.60. The van der Waals surface area contributed by atoms with Crippen LogP contribution in [0.2, 0.25) is 0 Å². The van der Waals surface area contributed by atoms with E-state index in [1.54, 1.807) is 7.11 Å². The molecule has 0 atom stereocenters. The Morgan fingerprint density at radius 3 is 2.60 bits per heavy atom. The van der Waals surface area contributed by atoms with Crippen molar-refractivity contribution in [2.45, 2.75) is 33.4 Å². The van der Waals surface area contributed by atoms with Gasteiger partial charge in [-0.2, -0.15) is 4.98 Å². The molecule has 2 aromatic carbocycles. The lowest BCUT2D eigenvalue weighted by Crippen LogP contribution is -2.17. The molecule has 3 rings (SSSR count).